The molecular formula is C13H18F2N2O. The molecule has 0 bridgehead atoms. The predicted molar refractivity (Wildman–Crippen MR) is 65.8 cm³/mol. The summed E-state index contributed by atoms with van der Waals surface area (Å²) in [7, 11) is 0. The summed E-state index contributed by atoms with van der Waals surface area (Å²) in [5, 5.41) is 3.04. The van der Waals surface area contributed by atoms with Crippen molar-refractivity contribution in [1.82, 2.24) is 5.32 Å². The number of primary amides is 1. The van der Waals surface area contributed by atoms with E-state index in [4.69, 9.17) is 5.73 Å². The lowest BCUT2D eigenvalue weighted by atomic mass is 9.92. The largest absolute Gasteiger partial charge is 0.369 e. The van der Waals surface area contributed by atoms with Gasteiger partial charge in [-0.25, -0.2) is 8.78 Å². The molecular weight excluding hydrogens is 238 g/mol. The summed E-state index contributed by atoms with van der Waals surface area (Å²) >= 11 is 0. The fraction of sp³-hybridized carbons (Fsp3) is 0.462. The minimum Gasteiger partial charge on any atom is -0.369 e. The molecule has 3 N–H and O–H groups in total. The second-order valence-electron chi connectivity index (χ2n) is 5.05. The Bertz CT molecular complexity index is 426. The molecule has 100 valence electrons. The molecule has 5 heteroatoms. The number of carbonyl (C=O) groups is 1. The number of hydrogen-bond acceptors (Lipinski definition) is 2. The highest BCUT2D eigenvalue weighted by Gasteiger charge is 2.25. The molecule has 1 aromatic rings. The van der Waals surface area contributed by atoms with E-state index in [-0.39, 0.29) is 6.04 Å². The Morgan fingerprint density at radius 2 is 1.83 bits per heavy atom. The number of rotatable bonds is 5. The molecule has 3 nitrogen and oxygen atoms in total. The van der Waals surface area contributed by atoms with Gasteiger partial charge >= 0.3 is 0 Å². The van der Waals surface area contributed by atoms with E-state index in [0.29, 0.717) is 12.1 Å². The van der Waals surface area contributed by atoms with Gasteiger partial charge in [-0.3, -0.25) is 4.79 Å². The van der Waals surface area contributed by atoms with Crippen molar-refractivity contribution in [3.63, 3.8) is 0 Å². The maximum absolute atomic E-state index is 13.0. The molecule has 1 atom stereocenters. The Labute approximate surface area is 105 Å². The van der Waals surface area contributed by atoms with Crippen LogP contribution in [0.25, 0.3) is 0 Å². The van der Waals surface area contributed by atoms with E-state index in [9.17, 15) is 13.6 Å². The molecule has 1 unspecified atom stereocenters. The van der Waals surface area contributed by atoms with Crippen molar-refractivity contribution in [2.24, 2.45) is 11.1 Å². The van der Waals surface area contributed by atoms with E-state index in [1.165, 1.54) is 12.1 Å². The zero-order valence-electron chi connectivity index (χ0n) is 10.8. The molecule has 0 aliphatic heterocycles. The Morgan fingerprint density at radius 1 is 1.33 bits per heavy atom. The molecule has 0 spiro atoms. The number of carbonyl (C=O) groups excluding carboxylic acids is 1. The average Bonchev–Trinajstić information content (AvgIpc) is 2.24. The Balaban J connectivity index is 2.71. The van der Waals surface area contributed by atoms with Gasteiger partial charge in [-0.2, -0.15) is 0 Å². The van der Waals surface area contributed by atoms with E-state index in [2.05, 4.69) is 5.32 Å². The summed E-state index contributed by atoms with van der Waals surface area (Å²) in [6.07, 6.45) is 0. The molecule has 0 aromatic heterocycles. The van der Waals surface area contributed by atoms with Crippen LogP contribution >= 0.6 is 0 Å². The zero-order valence-corrected chi connectivity index (χ0v) is 10.8. The fourth-order valence-corrected chi connectivity index (χ4v) is 1.44. The van der Waals surface area contributed by atoms with Crippen LogP contribution in [0.5, 0.6) is 0 Å². The van der Waals surface area contributed by atoms with E-state index >= 15 is 0 Å². The number of hydrogen-bond donors (Lipinski definition) is 2. The van der Waals surface area contributed by atoms with Crippen LogP contribution in [0.2, 0.25) is 0 Å². The van der Waals surface area contributed by atoms with Crippen LogP contribution in [-0.2, 0) is 4.79 Å². The second-order valence-corrected chi connectivity index (χ2v) is 5.05. The first-order valence-corrected chi connectivity index (χ1v) is 5.71. The van der Waals surface area contributed by atoms with Crippen LogP contribution < -0.4 is 11.1 Å². The Morgan fingerprint density at radius 3 is 2.28 bits per heavy atom. The summed E-state index contributed by atoms with van der Waals surface area (Å²) in [6.45, 7) is 5.52. The van der Waals surface area contributed by atoms with Crippen LogP contribution in [0.1, 0.15) is 32.4 Å². The van der Waals surface area contributed by atoms with E-state index < -0.39 is 23.0 Å². The van der Waals surface area contributed by atoms with E-state index in [0.717, 1.165) is 6.07 Å². The number of halogens is 2. The summed E-state index contributed by atoms with van der Waals surface area (Å²) < 4.78 is 26.1. The van der Waals surface area contributed by atoms with Gasteiger partial charge in [-0.1, -0.05) is 0 Å². The lowest BCUT2D eigenvalue weighted by Gasteiger charge is -2.24. The van der Waals surface area contributed by atoms with Gasteiger partial charge in [0.2, 0.25) is 5.91 Å². The molecule has 18 heavy (non-hydrogen) atoms. The molecule has 0 saturated heterocycles. The van der Waals surface area contributed by atoms with Gasteiger partial charge in [0.1, 0.15) is 11.6 Å². The van der Waals surface area contributed by atoms with E-state index in [1.807, 2.05) is 0 Å². The highest BCUT2D eigenvalue weighted by Crippen LogP contribution is 2.18. The standard InChI is InChI=1S/C13H18F2N2O/c1-8(17-7-13(2,3)12(16)18)9-4-10(14)6-11(15)5-9/h4-6,8,17H,7H2,1-3H3,(H2,16,18). The van der Waals surface area contributed by atoms with Gasteiger partial charge in [0.25, 0.3) is 0 Å². The Hall–Kier alpha value is -1.49. The summed E-state index contributed by atoms with van der Waals surface area (Å²) in [5.74, 6) is -1.66. The van der Waals surface area contributed by atoms with E-state index in [1.54, 1.807) is 20.8 Å². The lowest BCUT2D eigenvalue weighted by Crippen LogP contribution is -2.41. The molecule has 0 radical (unpaired) electrons. The Kier molecular flexibility index (Phi) is 4.40. The SMILES string of the molecule is CC(NCC(C)(C)C(N)=O)c1cc(F)cc(F)c1. The first-order chi connectivity index (χ1) is 8.22. The third-order valence-electron chi connectivity index (χ3n) is 2.90. The molecule has 0 fully saturated rings. The lowest BCUT2D eigenvalue weighted by molar-refractivity contribution is -0.125. The van der Waals surface area contributed by atoms with Gasteiger partial charge in [0.15, 0.2) is 0 Å². The minimum absolute atomic E-state index is 0.270. The van der Waals surface area contributed by atoms with Crippen molar-refractivity contribution in [2.45, 2.75) is 26.8 Å². The number of nitrogens with one attached hydrogen (secondary N) is 1. The molecule has 1 rings (SSSR count). The van der Waals surface area contributed by atoms with Crippen molar-refractivity contribution in [3.05, 3.63) is 35.4 Å². The molecule has 0 heterocycles. The average molecular weight is 256 g/mol. The van der Waals surface area contributed by atoms with Crippen molar-refractivity contribution < 1.29 is 13.6 Å². The van der Waals surface area contributed by atoms with Gasteiger partial charge < -0.3 is 11.1 Å². The first kappa shape index (κ1) is 14.6. The third kappa shape index (κ3) is 3.77. The van der Waals surface area contributed by atoms with Gasteiger partial charge in [-0.05, 0) is 38.5 Å². The number of amides is 1. The topological polar surface area (TPSA) is 55.1 Å². The molecule has 0 aliphatic carbocycles. The van der Waals surface area contributed by atoms with Crippen molar-refractivity contribution in [2.75, 3.05) is 6.54 Å². The van der Waals surface area contributed by atoms with Crippen molar-refractivity contribution in [1.29, 1.82) is 0 Å². The molecule has 0 aliphatic rings. The van der Waals surface area contributed by atoms with Crippen molar-refractivity contribution in [3.8, 4) is 0 Å². The monoisotopic (exact) mass is 256 g/mol. The van der Waals surface area contributed by atoms with Crippen LogP contribution in [0.15, 0.2) is 18.2 Å². The second kappa shape index (κ2) is 5.44. The van der Waals surface area contributed by atoms with Crippen LogP contribution in [0.3, 0.4) is 0 Å². The number of nitrogens with two attached hydrogens (primary N) is 1. The zero-order chi connectivity index (χ0) is 13.9. The van der Waals surface area contributed by atoms with Gasteiger partial charge in [-0.15, -0.1) is 0 Å². The smallest absolute Gasteiger partial charge is 0.224 e. The van der Waals surface area contributed by atoms with Crippen molar-refractivity contribution >= 4 is 5.91 Å². The highest BCUT2D eigenvalue weighted by atomic mass is 19.1. The maximum atomic E-state index is 13.0. The minimum atomic E-state index is -0.708. The first-order valence-electron chi connectivity index (χ1n) is 5.71. The molecule has 1 amide bonds. The summed E-state index contributed by atoms with van der Waals surface area (Å²) in [5.41, 5.74) is 5.03. The summed E-state index contributed by atoms with van der Waals surface area (Å²) in [6, 6.07) is 3.08. The molecule has 1 aromatic carbocycles. The maximum Gasteiger partial charge on any atom is 0.224 e. The fourth-order valence-electron chi connectivity index (χ4n) is 1.44. The normalized spacial score (nSPS) is 13.4. The highest BCUT2D eigenvalue weighted by molar-refractivity contribution is 5.80. The van der Waals surface area contributed by atoms with Gasteiger partial charge in [0, 0.05) is 18.7 Å². The van der Waals surface area contributed by atoms with Crippen LogP contribution in [0, 0.1) is 17.0 Å². The molecule has 0 saturated carbocycles. The van der Waals surface area contributed by atoms with Crippen LogP contribution in [-0.4, -0.2) is 12.5 Å². The third-order valence-corrected chi connectivity index (χ3v) is 2.90. The van der Waals surface area contributed by atoms with Crippen LogP contribution in [0.4, 0.5) is 8.78 Å². The summed E-state index contributed by atoms with van der Waals surface area (Å²) in [4.78, 5) is 11.1. The quantitative estimate of drug-likeness (QED) is 0.848. The van der Waals surface area contributed by atoms with Gasteiger partial charge in [0.05, 0.1) is 5.41 Å². The number of benzene rings is 1. The predicted octanol–water partition coefficient (Wildman–Crippen LogP) is 2.13.